The van der Waals surface area contributed by atoms with E-state index in [9.17, 15) is 14.4 Å². The Morgan fingerprint density at radius 2 is 2.11 bits per heavy atom. The number of thioether (sulfide) groups is 1. The van der Waals surface area contributed by atoms with Gasteiger partial charge in [-0.3, -0.25) is 14.4 Å². The summed E-state index contributed by atoms with van der Waals surface area (Å²) in [5.41, 5.74) is 0.345. The molecule has 0 bridgehead atoms. The number of carbonyl (C=O) groups is 3. The van der Waals surface area contributed by atoms with Crippen molar-refractivity contribution in [2.45, 2.75) is 11.7 Å². The van der Waals surface area contributed by atoms with Crippen molar-refractivity contribution >= 4 is 46.8 Å². The van der Waals surface area contributed by atoms with Crippen molar-refractivity contribution in [1.82, 2.24) is 0 Å². The van der Waals surface area contributed by atoms with Crippen LogP contribution in [-0.4, -0.2) is 33.9 Å². The van der Waals surface area contributed by atoms with E-state index >= 15 is 0 Å². The summed E-state index contributed by atoms with van der Waals surface area (Å²) in [6, 6.07) is 6.56. The third-order valence-corrected chi connectivity index (χ3v) is 4.11. The fourth-order valence-corrected chi connectivity index (χ4v) is 2.86. The fourth-order valence-electron chi connectivity index (χ4n) is 1.79. The van der Waals surface area contributed by atoms with E-state index in [1.807, 2.05) is 0 Å². The molecule has 7 heteroatoms. The van der Waals surface area contributed by atoms with Crippen LogP contribution < -0.4 is 4.90 Å². The van der Waals surface area contributed by atoms with E-state index in [0.29, 0.717) is 10.7 Å². The molecule has 0 radical (unpaired) electrons. The van der Waals surface area contributed by atoms with Gasteiger partial charge >= 0.3 is 5.97 Å². The average Bonchev–Trinajstić information content (AvgIpc) is 2.63. The van der Waals surface area contributed by atoms with Crippen LogP contribution in [0.2, 0.25) is 5.02 Å². The zero-order valence-electron chi connectivity index (χ0n) is 9.71. The molecule has 0 aliphatic carbocycles. The van der Waals surface area contributed by atoms with Crippen molar-refractivity contribution in [2.75, 3.05) is 10.7 Å². The first-order valence-electron chi connectivity index (χ1n) is 5.45. The Labute approximate surface area is 118 Å². The monoisotopic (exact) mass is 299 g/mol. The van der Waals surface area contributed by atoms with Crippen molar-refractivity contribution < 1.29 is 19.5 Å². The van der Waals surface area contributed by atoms with Crippen LogP contribution in [0.25, 0.3) is 0 Å². The number of para-hydroxylation sites is 1. The Morgan fingerprint density at radius 1 is 1.42 bits per heavy atom. The van der Waals surface area contributed by atoms with Crippen LogP contribution in [0, 0.1) is 0 Å². The minimum absolute atomic E-state index is 0.00199. The minimum atomic E-state index is -1.01. The van der Waals surface area contributed by atoms with Crippen LogP contribution in [0.5, 0.6) is 0 Å². The molecule has 1 saturated heterocycles. The van der Waals surface area contributed by atoms with Gasteiger partial charge in [-0.25, -0.2) is 4.90 Å². The van der Waals surface area contributed by atoms with Gasteiger partial charge in [0.05, 0.1) is 21.7 Å². The lowest BCUT2D eigenvalue weighted by Crippen LogP contribution is -2.31. The second-order valence-electron chi connectivity index (χ2n) is 3.92. The molecule has 1 aromatic rings. The lowest BCUT2D eigenvalue weighted by molar-refractivity contribution is -0.134. The number of hydrogen-bond donors (Lipinski definition) is 1. The summed E-state index contributed by atoms with van der Waals surface area (Å²) in [5.74, 6) is -1.99. The van der Waals surface area contributed by atoms with Gasteiger partial charge in [-0.15, -0.1) is 11.8 Å². The summed E-state index contributed by atoms with van der Waals surface area (Å²) in [4.78, 5) is 35.5. The molecule has 0 saturated carbocycles. The zero-order valence-corrected chi connectivity index (χ0v) is 11.3. The second-order valence-corrected chi connectivity index (χ2v) is 5.51. The highest BCUT2D eigenvalue weighted by atomic mass is 35.5. The van der Waals surface area contributed by atoms with E-state index in [1.165, 1.54) is 0 Å². The molecule has 2 rings (SSSR count). The largest absolute Gasteiger partial charge is 0.481 e. The summed E-state index contributed by atoms with van der Waals surface area (Å²) in [6.45, 7) is 0. The topological polar surface area (TPSA) is 74.7 Å². The molecule has 0 aromatic heterocycles. The molecule has 0 spiro atoms. The van der Waals surface area contributed by atoms with Gasteiger partial charge in [0.2, 0.25) is 11.8 Å². The third kappa shape index (κ3) is 2.90. The number of carboxylic acids is 1. The number of hydrogen-bond acceptors (Lipinski definition) is 4. The maximum absolute atomic E-state index is 12.1. The van der Waals surface area contributed by atoms with Crippen LogP contribution in [0.15, 0.2) is 24.3 Å². The van der Waals surface area contributed by atoms with E-state index < -0.39 is 17.1 Å². The number of aliphatic carboxylic acids is 1. The number of imide groups is 1. The van der Waals surface area contributed by atoms with Crippen LogP contribution in [0.4, 0.5) is 5.69 Å². The smallest absolute Gasteiger partial charge is 0.313 e. The number of nitrogens with zero attached hydrogens (tertiary/aromatic N) is 1. The van der Waals surface area contributed by atoms with Gasteiger partial charge < -0.3 is 5.11 Å². The quantitative estimate of drug-likeness (QED) is 0.858. The lowest BCUT2D eigenvalue weighted by Gasteiger charge is -2.15. The zero-order chi connectivity index (χ0) is 14.0. The Bertz CT molecular complexity index is 548. The molecule has 1 aromatic carbocycles. The Morgan fingerprint density at radius 3 is 2.74 bits per heavy atom. The highest BCUT2D eigenvalue weighted by molar-refractivity contribution is 8.01. The van der Waals surface area contributed by atoms with Gasteiger partial charge in [0.15, 0.2) is 0 Å². The van der Waals surface area contributed by atoms with E-state index in [-0.39, 0.29) is 18.1 Å². The molecule has 1 heterocycles. The van der Waals surface area contributed by atoms with Gasteiger partial charge in [-0.2, -0.15) is 0 Å². The van der Waals surface area contributed by atoms with Gasteiger partial charge in [0, 0.05) is 6.42 Å². The van der Waals surface area contributed by atoms with Crippen molar-refractivity contribution in [2.24, 2.45) is 0 Å². The third-order valence-electron chi connectivity index (χ3n) is 2.61. The molecule has 100 valence electrons. The predicted octanol–water partition coefficient (Wildman–Crippen LogP) is 1.79. The minimum Gasteiger partial charge on any atom is -0.481 e. The van der Waals surface area contributed by atoms with Crippen molar-refractivity contribution in [3.63, 3.8) is 0 Å². The molecule has 5 nitrogen and oxygen atoms in total. The van der Waals surface area contributed by atoms with Crippen molar-refractivity contribution in [3.05, 3.63) is 29.3 Å². The highest BCUT2D eigenvalue weighted by Crippen LogP contribution is 2.33. The molecule has 2 amide bonds. The van der Waals surface area contributed by atoms with E-state index in [0.717, 1.165) is 16.7 Å². The Kier molecular flexibility index (Phi) is 4.11. The molecular formula is C12H10ClNO4S. The first kappa shape index (κ1) is 13.9. The summed E-state index contributed by atoms with van der Waals surface area (Å²) in [7, 11) is 0. The molecule has 1 fully saturated rings. The normalized spacial score (nSPS) is 19.0. The Balaban J connectivity index is 2.19. The maximum atomic E-state index is 12.1. The van der Waals surface area contributed by atoms with Crippen molar-refractivity contribution in [1.29, 1.82) is 0 Å². The molecule has 19 heavy (non-hydrogen) atoms. The number of anilines is 1. The average molecular weight is 300 g/mol. The number of benzene rings is 1. The number of amides is 2. The molecule has 1 atom stereocenters. The van der Waals surface area contributed by atoms with Crippen molar-refractivity contribution in [3.8, 4) is 0 Å². The summed E-state index contributed by atoms with van der Waals surface area (Å²) in [6.07, 6.45) is 0.00199. The molecule has 1 aliphatic heterocycles. The molecule has 1 N–H and O–H groups in total. The summed E-state index contributed by atoms with van der Waals surface area (Å²) in [5, 5.41) is 8.26. The SMILES string of the molecule is O=C(O)CS[C@H]1CC(=O)N(c2ccccc2Cl)C1=O. The van der Waals surface area contributed by atoms with E-state index in [1.54, 1.807) is 24.3 Å². The number of rotatable bonds is 4. The van der Waals surface area contributed by atoms with Gasteiger partial charge in [-0.05, 0) is 12.1 Å². The predicted molar refractivity (Wildman–Crippen MR) is 72.4 cm³/mol. The number of halogens is 1. The van der Waals surface area contributed by atoms with Gasteiger partial charge in [0.1, 0.15) is 0 Å². The van der Waals surface area contributed by atoms with E-state index in [4.69, 9.17) is 16.7 Å². The Hall–Kier alpha value is -1.53. The summed E-state index contributed by atoms with van der Waals surface area (Å²) < 4.78 is 0. The van der Waals surface area contributed by atoms with Crippen LogP contribution in [0.1, 0.15) is 6.42 Å². The molecular weight excluding hydrogens is 290 g/mol. The standard InChI is InChI=1S/C12H10ClNO4S/c13-7-3-1-2-4-8(7)14-10(15)5-9(12(14)18)19-6-11(16)17/h1-4,9H,5-6H2,(H,16,17)/t9-/m0/s1. The first-order valence-corrected chi connectivity index (χ1v) is 6.88. The van der Waals surface area contributed by atoms with Crippen LogP contribution >= 0.6 is 23.4 Å². The molecule has 0 unspecified atom stereocenters. The van der Waals surface area contributed by atoms with Gasteiger partial charge in [-0.1, -0.05) is 23.7 Å². The van der Waals surface area contributed by atoms with Crippen LogP contribution in [-0.2, 0) is 14.4 Å². The first-order chi connectivity index (χ1) is 9.00. The number of carboxylic acid groups (broad SMARTS) is 1. The number of carbonyl (C=O) groups excluding carboxylic acids is 2. The van der Waals surface area contributed by atoms with Gasteiger partial charge in [0.25, 0.3) is 0 Å². The van der Waals surface area contributed by atoms with Crippen LogP contribution in [0.3, 0.4) is 0 Å². The highest BCUT2D eigenvalue weighted by Gasteiger charge is 2.40. The lowest BCUT2D eigenvalue weighted by atomic mass is 10.3. The van der Waals surface area contributed by atoms with E-state index in [2.05, 4.69) is 0 Å². The molecule has 1 aliphatic rings. The maximum Gasteiger partial charge on any atom is 0.313 e. The summed E-state index contributed by atoms with van der Waals surface area (Å²) >= 11 is 6.92. The second kappa shape index (κ2) is 5.63. The fraction of sp³-hybridized carbons (Fsp3) is 0.250.